The summed E-state index contributed by atoms with van der Waals surface area (Å²) >= 11 is 0. The predicted octanol–water partition coefficient (Wildman–Crippen LogP) is 2.09. The van der Waals surface area contributed by atoms with Gasteiger partial charge in [0.1, 0.15) is 24.5 Å². The van der Waals surface area contributed by atoms with Crippen molar-refractivity contribution in [1.29, 1.82) is 0 Å². The molecule has 5 rings (SSSR count). The second-order valence-corrected chi connectivity index (χ2v) is 8.17. The fourth-order valence-corrected chi connectivity index (χ4v) is 4.23. The molecule has 0 saturated heterocycles. The van der Waals surface area contributed by atoms with Gasteiger partial charge in [0.2, 0.25) is 0 Å². The summed E-state index contributed by atoms with van der Waals surface area (Å²) in [6, 6.07) is 9.48. The molecule has 0 aliphatic rings. The van der Waals surface area contributed by atoms with Gasteiger partial charge in [-0.25, -0.2) is 24.6 Å². The number of aromatic nitrogens is 7. The molecule has 0 atom stereocenters. The minimum atomic E-state index is -0.189. The maximum Gasteiger partial charge on any atom is 0.267 e. The van der Waals surface area contributed by atoms with Gasteiger partial charge in [-0.15, -0.1) is 0 Å². The summed E-state index contributed by atoms with van der Waals surface area (Å²) in [5.41, 5.74) is 10.1. The van der Waals surface area contributed by atoms with Crippen LogP contribution in [0, 0.1) is 13.8 Å². The number of hydrogen-bond donors (Lipinski definition) is 2. The number of aliphatic hydroxyl groups excluding tert-OH is 1. The summed E-state index contributed by atoms with van der Waals surface area (Å²) in [5, 5.41) is 15.1. The summed E-state index contributed by atoms with van der Waals surface area (Å²) in [6.45, 7) is 4.03. The molecule has 0 aliphatic heterocycles. The zero-order chi connectivity index (χ0) is 23.8. The smallest absolute Gasteiger partial charge is 0.267 e. The van der Waals surface area contributed by atoms with Crippen LogP contribution in [0.15, 0.2) is 47.7 Å². The van der Waals surface area contributed by atoms with E-state index >= 15 is 0 Å². The number of pyridine rings is 1. The van der Waals surface area contributed by atoms with E-state index in [2.05, 4.69) is 15.0 Å². The first-order valence-electron chi connectivity index (χ1n) is 11.0. The quantitative estimate of drug-likeness (QED) is 0.396. The zero-order valence-electron chi connectivity index (χ0n) is 18.9. The van der Waals surface area contributed by atoms with Crippen LogP contribution in [0.25, 0.3) is 27.8 Å². The van der Waals surface area contributed by atoms with Crippen molar-refractivity contribution < 1.29 is 5.11 Å². The standard InChI is InChI=1S/C24H24N8O2/c1-14-6-3-4-8-17(14)32-18(29-22-19(24(32)34)15(2)9-10-26-22)12-31-23-20(21(25)27-13-28-23)16(30-31)7-5-11-33/h3-4,6,8-10,13,33H,5,7,11-12H2,1-2H3,(H2,25,27,28). The van der Waals surface area contributed by atoms with Crippen LogP contribution in [0.2, 0.25) is 0 Å². The number of nitrogens with two attached hydrogens (primary N) is 1. The third kappa shape index (κ3) is 3.57. The largest absolute Gasteiger partial charge is 0.396 e. The lowest BCUT2D eigenvalue weighted by atomic mass is 10.1. The Kier molecular flexibility index (Phi) is 5.50. The highest BCUT2D eigenvalue weighted by atomic mass is 16.3. The summed E-state index contributed by atoms with van der Waals surface area (Å²) in [4.78, 5) is 31.4. The van der Waals surface area contributed by atoms with Gasteiger partial charge < -0.3 is 10.8 Å². The monoisotopic (exact) mass is 456 g/mol. The number of fused-ring (bicyclic) bond motifs is 2. The lowest BCUT2D eigenvalue weighted by molar-refractivity contribution is 0.288. The van der Waals surface area contributed by atoms with Gasteiger partial charge in [-0.3, -0.25) is 9.36 Å². The molecule has 5 aromatic rings. The summed E-state index contributed by atoms with van der Waals surface area (Å²) in [6.07, 6.45) is 4.09. The molecule has 4 aromatic heterocycles. The van der Waals surface area contributed by atoms with Crippen molar-refractivity contribution in [3.63, 3.8) is 0 Å². The molecular formula is C24H24N8O2. The van der Waals surface area contributed by atoms with E-state index in [0.29, 0.717) is 52.2 Å². The van der Waals surface area contributed by atoms with E-state index in [1.54, 1.807) is 21.5 Å². The van der Waals surface area contributed by atoms with Gasteiger partial charge in [0.05, 0.1) is 22.2 Å². The Morgan fingerprint density at radius 2 is 1.85 bits per heavy atom. The molecule has 1 aromatic carbocycles. The maximum atomic E-state index is 13.8. The Morgan fingerprint density at radius 3 is 2.65 bits per heavy atom. The average Bonchev–Trinajstić information content (AvgIpc) is 3.17. The Labute approximate surface area is 194 Å². The Hall–Kier alpha value is -4.18. The summed E-state index contributed by atoms with van der Waals surface area (Å²) in [7, 11) is 0. The van der Waals surface area contributed by atoms with Gasteiger partial charge in [0.25, 0.3) is 5.56 Å². The third-order valence-corrected chi connectivity index (χ3v) is 5.90. The van der Waals surface area contributed by atoms with E-state index < -0.39 is 0 Å². The topological polar surface area (TPSA) is 138 Å². The highest BCUT2D eigenvalue weighted by molar-refractivity contribution is 5.88. The van der Waals surface area contributed by atoms with E-state index in [1.807, 2.05) is 38.1 Å². The Morgan fingerprint density at radius 1 is 1.03 bits per heavy atom. The number of anilines is 1. The van der Waals surface area contributed by atoms with Crippen LogP contribution in [0.4, 0.5) is 5.82 Å². The average molecular weight is 457 g/mol. The third-order valence-electron chi connectivity index (χ3n) is 5.90. The highest BCUT2D eigenvalue weighted by Crippen LogP contribution is 2.24. The van der Waals surface area contributed by atoms with Gasteiger partial charge in [-0.2, -0.15) is 5.10 Å². The van der Waals surface area contributed by atoms with Crippen LogP contribution < -0.4 is 11.3 Å². The molecule has 0 spiro atoms. The lowest BCUT2D eigenvalue weighted by Gasteiger charge is -2.16. The number of aliphatic hydroxyl groups is 1. The molecule has 172 valence electrons. The molecule has 4 heterocycles. The number of benzene rings is 1. The Bertz CT molecular complexity index is 1590. The van der Waals surface area contributed by atoms with E-state index in [1.165, 1.54) is 6.33 Å². The van der Waals surface area contributed by atoms with Gasteiger partial charge >= 0.3 is 0 Å². The second-order valence-electron chi connectivity index (χ2n) is 8.17. The van der Waals surface area contributed by atoms with Gasteiger partial charge in [0.15, 0.2) is 11.3 Å². The van der Waals surface area contributed by atoms with Crippen LogP contribution >= 0.6 is 0 Å². The number of para-hydroxylation sites is 1. The van der Waals surface area contributed by atoms with Gasteiger partial charge in [-0.1, -0.05) is 18.2 Å². The number of aryl methyl sites for hydroxylation is 3. The fraction of sp³-hybridized carbons (Fsp3) is 0.250. The minimum Gasteiger partial charge on any atom is -0.396 e. The first-order chi connectivity index (χ1) is 16.5. The Balaban J connectivity index is 1.76. The first-order valence-corrected chi connectivity index (χ1v) is 11.0. The molecule has 0 fully saturated rings. The molecule has 0 bridgehead atoms. The van der Waals surface area contributed by atoms with E-state index in [4.69, 9.17) is 15.8 Å². The van der Waals surface area contributed by atoms with Crippen molar-refractivity contribution in [3.05, 3.63) is 75.9 Å². The summed E-state index contributed by atoms with van der Waals surface area (Å²) in [5.74, 6) is 0.796. The van der Waals surface area contributed by atoms with E-state index in [-0.39, 0.29) is 18.7 Å². The molecule has 0 unspecified atom stereocenters. The number of nitrogen functional groups attached to an aromatic ring is 1. The van der Waals surface area contributed by atoms with Crippen molar-refractivity contribution >= 4 is 27.9 Å². The first kappa shape index (κ1) is 21.7. The fourth-order valence-electron chi connectivity index (χ4n) is 4.23. The number of hydrogen-bond acceptors (Lipinski definition) is 8. The normalized spacial score (nSPS) is 11.5. The number of nitrogens with zero attached hydrogens (tertiary/aromatic N) is 7. The van der Waals surface area contributed by atoms with Crippen molar-refractivity contribution in [2.45, 2.75) is 33.2 Å². The van der Waals surface area contributed by atoms with Gasteiger partial charge in [0, 0.05) is 12.8 Å². The summed E-state index contributed by atoms with van der Waals surface area (Å²) < 4.78 is 3.30. The number of rotatable bonds is 6. The maximum absolute atomic E-state index is 13.8. The molecule has 0 aliphatic carbocycles. The molecular weight excluding hydrogens is 432 g/mol. The molecule has 34 heavy (non-hydrogen) atoms. The molecule has 3 N–H and O–H groups in total. The van der Waals surface area contributed by atoms with Crippen LogP contribution in [0.1, 0.15) is 29.1 Å². The van der Waals surface area contributed by atoms with E-state index in [0.717, 1.165) is 16.8 Å². The molecule has 0 saturated carbocycles. The van der Waals surface area contributed by atoms with Crippen LogP contribution in [0.3, 0.4) is 0 Å². The highest BCUT2D eigenvalue weighted by Gasteiger charge is 2.20. The van der Waals surface area contributed by atoms with Crippen molar-refractivity contribution in [2.75, 3.05) is 12.3 Å². The van der Waals surface area contributed by atoms with Gasteiger partial charge in [-0.05, 0) is 49.9 Å². The van der Waals surface area contributed by atoms with Crippen LogP contribution in [0.5, 0.6) is 0 Å². The zero-order valence-corrected chi connectivity index (χ0v) is 18.9. The van der Waals surface area contributed by atoms with E-state index in [9.17, 15) is 9.90 Å². The van der Waals surface area contributed by atoms with Crippen molar-refractivity contribution in [3.8, 4) is 5.69 Å². The van der Waals surface area contributed by atoms with Crippen LogP contribution in [-0.2, 0) is 13.0 Å². The molecule has 0 amide bonds. The predicted molar refractivity (Wildman–Crippen MR) is 129 cm³/mol. The molecule has 10 nitrogen and oxygen atoms in total. The SMILES string of the molecule is Cc1ccccc1-n1c(Cn2nc(CCCO)c3c(N)ncnc32)nc2nccc(C)c2c1=O. The van der Waals surface area contributed by atoms with Crippen molar-refractivity contribution in [1.82, 2.24) is 34.3 Å². The second kappa shape index (κ2) is 8.64. The lowest BCUT2D eigenvalue weighted by Crippen LogP contribution is -2.27. The van der Waals surface area contributed by atoms with Crippen molar-refractivity contribution in [2.24, 2.45) is 0 Å². The minimum absolute atomic E-state index is 0.0338. The molecule has 10 heteroatoms. The molecule has 0 radical (unpaired) electrons. The van der Waals surface area contributed by atoms with Crippen LogP contribution in [-0.4, -0.2) is 46.0 Å².